The summed E-state index contributed by atoms with van der Waals surface area (Å²) in [6.07, 6.45) is -13.5. The fourth-order valence-corrected chi connectivity index (χ4v) is 1.80. The highest BCUT2D eigenvalue weighted by Crippen LogP contribution is 2.51. The van der Waals surface area contributed by atoms with Crippen LogP contribution in [0.1, 0.15) is 13.8 Å². The highest BCUT2D eigenvalue weighted by atomic mass is 19.3. The van der Waals surface area contributed by atoms with Gasteiger partial charge in [-0.15, -0.1) is 0 Å². The third kappa shape index (κ3) is 6.16. The van der Waals surface area contributed by atoms with Crippen LogP contribution in [0.25, 0.3) is 0 Å². The third-order valence-corrected chi connectivity index (χ3v) is 3.57. The monoisotopic (exact) mass is 438 g/mol. The van der Waals surface area contributed by atoms with Crippen LogP contribution in [-0.4, -0.2) is 49.8 Å². The van der Waals surface area contributed by atoms with E-state index in [-0.39, 0.29) is 11.1 Å². The van der Waals surface area contributed by atoms with E-state index in [4.69, 9.17) is 0 Å². The maximum Gasteiger partial charge on any atom is 0.374 e. The van der Waals surface area contributed by atoms with Crippen LogP contribution >= 0.6 is 0 Å². The first kappa shape index (κ1) is 24.9. The van der Waals surface area contributed by atoms with Crippen LogP contribution < -0.4 is 0 Å². The van der Waals surface area contributed by atoms with Crippen molar-refractivity contribution < 1.29 is 59.3 Å². The molecular weight excluding hydrogens is 421 g/mol. The van der Waals surface area contributed by atoms with Crippen LogP contribution in [0.2, 0.25) is 0 Å². The van der Waals surface area contributed by atoms with Crippen LogP contribution in [0.15, 0.2) is 24.3 Å². The minimum Gasteiger partial charge on any atom is -0.461 e. The largest absolute Gasteiger partial charge is 0.461 e. The molecule has 166 valence electrons. The maximum atomic E-state index is 12.4. The van der Waals surface area contributed by atoms with Gasteiger partial charge in [-0.1, -0.05) is 13.2 Å². The fourth-order valence-electron chi connectivity index (χ4n) is 1.80. The molecule has 2 heterocycles. The quantitative estimate of drug-likeness (QED) is 0.359. The number of esters is 2. The summed E-state index contributed by atoms with van der Waals surface area (Å²) < 4.78 is 102. The van der Waals surface area contributed by atoms with Gasteiger partial charge in [-0.3, -0.25) is 9.47 Å². The fraction of sp³-hybridized carbons (Fsp3) is 0.625. The zero-order valence-electron chi connectivity index (χ0n) is 15.2. The Hall–Kier alpha value is -2.15. The predicted octanol–water partition coefficient (Wildman–Crippen LogP) is 3.58. The average molecular weight is 438 g/mol. The molecule has 0 amide bonds. The molecule has 0 saturated carbocycles. The van der Waals surface area contributed by atoms with Crippen molar-refractivity contribution >= 4 is 11.9 Å². The predicted molar refractivity (Wildman–Crippen MR) is 80.4 cm³/mol. The zero-order chi connectivity index (χ0) is 22.8. The SMILES string of the molecule is C=C(C)C(=O)OCC1C(F)(F)OC1(F)F.C=C(C)C(=O)OCC1C(F)OC1(F)F. The molecule has 0 N–H and O–H groups in total. The molecular formula is C16H17F7O6. The first-order valence-electron chi connectivity index (χ1n) is 7.82. The standard InChI is InChI=1S/C8H8F4O3.C8H9F3O3/c1-4(2)6(13)14-3-5-7(9,10)15-8(5,11)12;1-4(2)7(12)13-3-5-6(9)14-8(5,10)11/h5H,1,3H2,2H3;5-6H,1,3H2,2H3. The van der Waals surface area contributed by atoms with E-state index < -0.39 is 61.7 Å². The van der Waals surface area contributed by atoms with Gasteiger partial charge in [-0.2, -0.15) is 26.3 Å². The molecule has 6 nitrogen and oxygen atoms in total. The second-order valence-corrected chi connectivity index (χ2v) is 6.17. The summed E-state index contributed by atoms with van der Waals surface area (Å²) in [5.74, 6) is -5.97. The normalized spacial score (nSPS) is 26.0. The molecule has 0 aromatic carbocycles. The van der Waals surface area contributed by atoms with E-state index in [0.717, 1.165) is 0 Å². The number of alkyl halides is 7. The van der Waals surface area contributed by atoms with Crippen LogP contribution in [-0.2, 0) is 28.5 Å². The van der Waals surface area contributed by atoms with Crippen molar-refractivity contribution in [3.8, 4) is 0 Å². The third-order valence-electron chi connectivity index (χ3n) is 3.57. The summed E-state index contributed by atoms with van der Waals surface area (Å²) in [4.78, 5) is 21.5. The molecule has 0 spiro atoms. The Labute approximate surface area is 160 Å². The second-order valence-electron chi connectivity index (χ2n) is 6.17. The lowest BCUT2D eigenvalue weighted by Crippen LogP contribution is -2.61. The van der Waals surface area contributed by atoms with Crippen molar-refractivity contribution in [1.82, 2.24) is 0 Å². The second kappa shape index (κ2) is 8.69. The van der Waals surface area contributed by atoms with Crippen LogP contribution in [0.4, 0.5) is 30.7 Å². The van der Waals surface area contributed by atoms with Gasteiger partial charge in [0.25, 0.3) is 0 Å². The van der Waals surface area contributed by atoms with E-state index in [2.05, 4.69) is 32.1 Å². The van der Waals surface area contributed by atoms with Gasteiger partial charge in [0, 0.05) is 11.1 Å². The highest BCUT2D eigenvalue weighted by Gasteiger charge is 2.71. The number of hydrogen-bond acceptors (Lipinski definition) is 6. The summed E-state index contributed by atoms with van der Waals surface area (Å²) in [6.45, 7) is 7.24. The van der Waals surface area contributed by atoms with Crippen molar-refractivity contribution in [3.63, 3.8) is 0 Å². The van der Waals surface area contributed by atoms with Gasteiger partial charge >= 0.3 is 30.3 Å². The Morgan fingerprint density at radius 1 is 0.862 bits per heavy atom. The minimum atomic E-state index is -3.96. The van der Waals surface area contributed by atoms with Crippen LogP contribution in [0, 0.1) is 11.8 Å². The van der Waals surface area contributed by atoms with Crippen LogP contribution in [0.3, 0.4) is 0 Å². The minimum absolute atomic E-state index is 0.0538. The number of halogens is 7. The molecule has 0 radical (unpaired) electrons. The number of carbonyl (C=O) groups is 2. The number of ether oxygens (including phenoxy) is 4. The zero-order valence-corrected chi connectivity index (χ0v) is 15.2. The molecule has 2 fully saturated rings. The van der Waals surface area contributed by atoms with E-state index in [1.807, 2.05) is 0 Å². The van der Waals surface area contributed by atoms with Gasteiger partial charge < -0.3 is 9.47 Å². The Bertz CT molecular complexity index is 665. The first-order chi connectivity index (χ1) is 13.0. The molecule has 0 aliphatic carbocycles. The molecule has 2 aliphatic heterocycles. The lowest BCUT2D eigenvalue weighted by Gasteiger charge is -2.42. The Morgan fingerprint density at radius 3 is 1.59 bits per heavy atom. The van der Waals surface area contributed by atoms with E-state index in [9.17, 15) is 40.3 Å². The van der Waals surface area contributed by atoms with Crippen molar-refractivity contribution in [2.45, 2.75) is 38.5 Å². The Balaban J connectivity index is 0.000000291. The van der Waals surface area contributed by atoms with E-state index in [1.165, 1.54) is 13.8 Å². The molecule has 2 rings (SSSR count). The number of hydrogen-bond donors (Lipinski definition) is 0. The van der Waals surface area contributed by atoms with E-state index in [1.54, 1.807) is 0 Å². The average Bonchev–Trinajstić information content (AvgIpc) is 2.52. The number of rotatable bonds is 6. The van der Waals surface area contributed by atoms with Gasteiger partial charge in [0.1, 0.15) is 19.1 Å². The molecule has 29 heavy (non-hydrogen) atoms. The van der Waals surface area contributed by atoms with E-state index in [0.29, 0.717) is 0 Å². The first-order valence-corrected chi connectivity index (χ1v) is 7.82. The molecule has 13 heteroatoms. The smallest absolute Gasteiger partial charge is 0.374 e. The Kier molecular flexibility index (Phi) is 7.46. The molecule has 2 unspecified atom stereocenters. The molecule has 2 atom stereocenters. The van der Waals surface area contributed by atoms with Gasteiger partial charge in [0.2, 0.25) is 6.36 Å². The summed E-state index contributed by atoms with van der Waals surface area (Å²) >= 11 is 0. The lowest BCUT2D eigenvalue weighted by atomic mass is 10.0. The summed E-state index contributed by atoms with van der Waals surface area (Å²) in [5, 5.41) is 0. The van der Waals surface area contributed by atoms with Gasteiger partial charge in [0.15, 0.2) is 5.92 Å². The number of carbonyl (C=O) groups excluding carboxylic acids is 2. The van der Waals surface area contributed by atoms with Gasteiger partial charge in [-0.05, 0) is 13.8 Å². The maximum absolute atomic E-state index is 12.4. The topological polar surface area (TPSA) is 71.1 Å². The molecule has 2 aliphatic rings. The van der Waals surface area contributed by atoms with Crippen molar-refractivity contribution in [2.75, 3.05) is 13.2 Å². The van der Waals surface area contributed by atoms with Crippen LogP contribution in [0.5, 0.6) is 0 Å². The van der Waals surface area contributed by atoms with Crippen molar-refractivity contribution in [3.05, 3.63) is 24.3 Å². The summed E-state index contributed by atoms with van der Waals surface area (Å²) in [7, 11) is 0. The van der Waals surface area contributed by atoms with E-state index >= 15 is 0 Å². The van der Waals surface area contributed by atoms with Crippen molar-refractivity contribution in [2.24, 2.45) is 11.8 Å². The summed E-state index contributed by atoms with van der Waals surface area (Å²) in [5.41, 5.74) is 0.0193. The van der Waals surface area contributed by atoms with Crippen molar-refractivity contribution in [1.29, 1.82) is 0 Å². The van der Waals surface area contributed by atoms with Gasteiger partial charge in [0.05, 0.1) is 0 Å². The summed E-state index contributed by atoms with van der Waals surface area (Å²) in [6, 6.07) is 0. The Morgan fingerprint density at radius 2 is 1.28 bits per heavy atom. The lowest BCUT2D eigenvalue weighted by molar-refractivity contribution is -0.519. The molecule has 0 bridgehead atoms. The highest BCUT2D eigenvalue weighted by molar-refractivity contribution is 5.87. The molecule has 0 aromatic rings. The molecule has 0 aromatic heterocycles. The van der Waals surface area contributed by atoms with Gasteiger partial charge in [-0.25, -0.2) is 14.0 Å². The molecule has 2 saturated heterocycles.